The largest absolute Gasteiger partial charge is 0.315 e. The number of nitrogens with zero attached hydrogens (tertiary/aromatic N) is 3. The van der Waals surface area contributed by atoms with Crippen LogP contribution in [-0.2, 0) is 11.8 Å². The Morgan fingerprint density at radius 3 is 2.39 bits per heavy atom. The molecular weight excluding hydrogens is 376 g/mol. The van der Waals surface area contributed by atoms with E-state index >= 15 is 0 Å². The number of benzene rings is 2. The Kier molecular flexibility index (Phi) is 5.48. The quantitative estimate of drug-likeness (QED) is 0.543. The van der Waals surface area contributed by atoms with E-state index in [1.54, 1.807) is 55.1 Å². The van der Waals surface area contributed by atoms with Crippen molar-refractivity contribution in [3.63, 3.8) is 0 Å². The smallest absolute Gasteiger partial charge is 0.295 e. The molecule has 0 radical (unpaired) electrons. The summed E-state index contributed by atoms with van der Waals surface area (Å²) in [6, 6.07) is 17.7. The van der Waals surface area contributed by atoms with Gasteiger partial charge in [-0.15, -0.1) is 0 Å². The van der Waals surface area contributed by atoms with Crippen molar-refractivity contribution in [2.75, 3.05) is 5.32 Å². The number of hydrogen-bond donors (Lipinski definition) is 1. The van der Waals surface area contributed by atoms with Crippen molar-refractivity contribution in [2.45, 2.75) is 6.92 Å². The SMILES string of the molecule is Cc1c(NC(=O)/C(C#N)=C\c2ccc(Cl)cc2)c(=O)n(-c2ccccc2)n1C. The van der Waals surface area contributed by atoms with E-state index in [1.807, 2.05) is 24.3 Å². The maximum Gasteiger partial charge on any atom is 0.295 e. The van der Waals surface area contributed by atoms with Crippen LogP contribution in [0.25, 0.3) is 11.8 Å². The number of carbonyl (C=O) groups excluding carboxylic acids is 1. The Labute approximate surface area is 166 Å². The molecule has 0 aliphatic rings. The second-order valence-corrected chi connectivity index (χ2v) is 6.55. The summed E-state index contributed by atoms with van der Waals surface area (Å²) in [7, 11) is 1.73. The van der Waals surface area contributed by atoms with Crippen LogP contribution in [0, 0.1) is 18.3 Å². The highest BCUT2D eigenvalue weighted by Crippen LogP contribution is 2.16. The van der Waals surface area contributed by atoms with Gasteiger partial charge in [-0.05, 0) is 42.8 Å². The fourth-order valence-electron chi connectivity index (χ4n) is 2.77. The molecule has 1 N–H and O–H groups in total. The van der Waals surface area contributed by atoms with Crippen molar-refractivity contribution >= 4 is 29.3 Å². The molecule has 1 aromatic heterocycles. The normalized spacial score (nSPS) is 11.1. The molecule has 0 unspecified atom stereocenters. The van der Waals surface area contributed by atoms with Gasteiger partial charge in [-0.2, -0.15) is 5.26 Å². The Balaban J connectivity index is 1.95. The number of aromatic nitrogens is 2. The van der Waals surface area contributed by atoms with E-state index in [2.05, 4.69) is 5.32 Å². The lowest BCUT2D eigenvalue weighted by Gasteiger charge is -2.07. The topological polar surface area (TPSA) is 79.8 Å². The molecule has 1 amide bonds. The Morgan fingerprint density at radius 2 is 1.79 bits per heavy atom. The number of hydrogen-bond acceptors (Lipinski definition) is 3. The van der Waals surface area contributed by atoms with E-state index in [-0.39, 0.29) is 16.8 Å². The Bertz CT molecular complexity index is 1150. The van der Waals surface area contributed by atoms with E-state index in [1.165, 1.54) is 10.8 Å². The zero-order chi connectivity index (χ0) is 20.3. The first-order chi connectivity index (χ1) is 13.4. The lowest BCUT2D eigenvalue weighted by Crippen LogP contribution is -2.23. The molecule has 2 aromatic carbocycles. The van der Waals surface area contributed by atoms with Crippen LogP contribution in [0.15, 0.2) is 65.0 Å². The van der Waals surface area contributed by atoms with Gasteiger partial charge in [0, 0.05) is 12.1 Å². The molecule has 0 saturated heterocycles. The molecule has 0 spiro atoms. The highest BCUT2D eigenvalue weighted by Gasteiger charge is 2.19. The molecule has 0 aliphatic heterocycles. The Hall–Kier alpha value is -3.56. The minimum atomic E-state index is -0.650. The van der Waals surface area contributed by atoms with Crippen molar-refractivity contribution < 1.29 is 4.79 Å². The number of nitriles is 1. The minimum Gasteiger partial charge on any atom is -0.315 e. The molecule has 3 aromatic rings. The standard InChI is InChI=1S/C21H17ClN4O2/c1-14-19(21(28)26(25(14)2)18-6-4-3-5-7-18)24-20(27)16(13-23)12-15-8-10-17(22)11-9-15/h3-12H,1-2H3,(H,24,27)/b16-12-. The summed E-state index contributed by atoms with van der Waals surface area (Å²) in [4.78, 5) is 25.5. The fraction of sp³-hybridized carbons (Fsp3) is 0.0952. The third-order valence-electron chi connectivity index (χ3n) is 4.34. The van der Waals surface area contributed by atoms with Gasteiger partial charge in [-0.25, -0.2) is 4.68 Å². The van der Waals surface area contributed by atoms with Crippen LogP contribution >= 0.6 is 11.6 Å². The predicted molar refractivity (Wildman–Crippen MR) is 109 cm³/mol. The van der Waals surface area contributed by atoms with E-state index in [0.717, 1.165) is 0 Å². The van der Waals surface area contributed by atoms with Crippen LogP contribution in [0.5, 0.6) is 0 Å². The summed E-state index contributed by atoms with van der Waals surface area (Å²) < 4.78 is 3.11. The maximum atomic E-state index is 12.9. The molecule has 0 aliphatic carbocycles. The molecule has 0 fully saturated rings. The van der Waals surface area contributed by atoms with E-state index in [4.69, 9.17) is 11.6 Å². The summed E-state index contributed by atoms with van der Waals surface area (Å²) in [6.07, 6.45) is 1.44. The molecule has 0 saturated carbocycles. The maximum absolute atomic E-state index is 12.9. The number of rotatable bonds is 4. The van der Waals surface area contributed by atoms with Crippen molar-refractivity contribution in [3.05, 3.63) is 86.8 Å². The molecular formula is C21H17ClN4O2. The summed E-state index contributed by atoms with van der Waals surface area (Å²) in [6.45, 7) is 1.73. The summed E-state index contributed by atoms with van der Waals surface area (Å²) >= 11 is 5.85. The van der Waals surface area contributed by atoms with Gasteiger partial charge in [0.1, 0.15) is 17.3 Å². The second-order valence-electron chi connectivity index (χ2n) is 6.11. The first-order valence-electron chi connectivity index (χ1n) is 8.45. The van der Waals surface area contributed by atoms with Crippen LogP contribution < -0.4 is 10.9 Å². The van der Waals surface area contributed by atoms with Gasteiger partial charge in [-0.3, -0.25) is 14.3 Å². The summed E-state index contributed by atoms with van der Waals surface area (Å²) in [5, 5.41) is 12.5. The number of anilines is 1. The van der Waals surface area contributed by atoms with Gasteiger partial charge in [0.05, 0.1) is 11.4 Å². The lowest BCUT2D eigenvalue weighted by molar-refractivity contribution is -0.112. The van der Waals surface area contributed by atoms with E-state index < -0.39 is 5.91 Å². The molecule has 140 valence electrons. The van der Waals surface area contributed by atoms with E-state index in [9.17, 15) is 14.9 Å². The third kappa shape index (κ3) is 3.75. The molecule has 0 bridgehead atoms. The highest BCUT2D eigenvalue weighted by molar-refractivity contribution is 6.30. The van der Waals surface area contributed by atoms with Gasteiger partial charge in [-0.1, -0.05) is 41.9 Å². The molecule has 6 nitrogen and oxygen atoms in total. The molecule has 1 heterocycles. The summed E-state index contributed by atoms with van der Waals surface area (Å²) in [5.41, 5.74) is 1.55. The van der Waals surface area contributed by atoms with Crippen LogP contribution in [0.3, 0.4) is 0 Å². The van der Waals surface area contributed by atoms with Crippen molar-refractivity contribution in [1.29, 1.82) is 5.26 Å². The van der Waals surface area contributed by atoms with Gasteiger partial charge in [0.2, 0.25) is 0 Å². The van der Waals surface area contributed by atoms with Gasteiger partial charge < -0.3 is 5.32 Å². The molecule has 3 rings (SSSR count). The molecule has 28 heavy (non-hydrogen) atoms. The highest BCUT2D eigenvalue weighted by atomic mass is 35.5. The first-order valence-corrected chi connectivity index (χ1v) is 8.83. The van der Waals surface area contributed by atoms with Gasteiger partial charge in [0.25, 0.3) is 11.5 Å². The van der Waals surface area contributed by atoms with Gasteiger partial charge in [0.15, 0.2) is 0 Å². The monoisotopic (exact) mass is 392 g/mol. The van der Waals surface area contributed by atoms with Crippen molar-refractivity contribution in [2.24, 2.45) is 7.05 Å². The first kappa shape index (κ1) is 19.2. The minimum absolute atomic E-state index is 0.115. The van der Waals surface area contributed by atoms with E-state index in [0.29, 0.717) is 22.0 Å². The van der Waals surface area contributed by atoms with Crippen molar-refractivity contribution in [3.8, 4) is 11.8 Å². The predicted octanol–water partition coefficient (Wildman–Crippen LogP) is 3.68. The van der Waals surface area contributed by atoms with Crippen molar-refractivity contribution in [1.82, 2.24) is 9.36 Å². The summed E-state index contributed by atoms with van der Waals surface area (Å²) in [5.74, 6) is -0.650. The number of nitrogens with one attached hydrogen (secondary N) is 1. The average Bonchev–Trinajstić information content (AvgIpc) is 2.91. The molecule has 0 atom stereocenters. The average molecular weight is 393 g/mol. The second kappa shape index (κ2) is 7.99. The number of halogens is 1. The lowest BCUT2D eigenvalue weighted by atomic mass is 10.1. The fourth-order valence-corrected chi connectivity index (χ4v) is 2.89. The number of amides is 1. The van der Waals surface area contributed by atoms with Gasteiger partial charge >= 0.3 is 0 Å². The zero-order valence-corrected chi connectivity index (χ0v) is 16.1. The number of para-hydroxylation sites is 1. The van der Waals surface area contributed by atoms with Crippen LogP contribution in [0.4, 0.5) is 5.69 Å². The Morgan fingerprint density at radius 1 is 1.14 bits per heavy atom. The van der Waals surface area contributed by atoms with Crippen LogP contribution in [0.1, 0.15) is 11.3 Å². The molecule has 7 heteroatoms. The third-order valence-corrected chi connectivity index (χ3v) is 4.59. The number of carbonyl (C=O) groups is 1. The van der Waals surface area contributed by atoms with Crippen LogP contribution in [0.2, 0.25) is 5.02 Å². The zero-order valence-electron chi connectivity index (χ0n) is 15.3. The van der Waals surface area contributed by atoms with Crippen LogP contribution in [-0.4, -0.2) is 15.3 Å².